The topological polar surface area (TPSA) is 54.4 Å². The fourth-order valence-corrected chi connectivity index (χ4v) is 3.29. The Hall–Kier alpha value is -1.94. The van der Waals surface area contributed by atoms with E-state index in [2.05, 4.69) is 0 Å². The first kappa shape index (κ1) is 16.1. The van der Waals surface area contributed by atoms with Crippen LogP contribution in [0.5, 0.6) is 0 Å². The molecule has 0 aliphatic heterocycles. The molecule has 1 N–H and O–H groups in total. The van der Waals surface area contributed by atoms with Crippen molar-refractivity contribution in [1.29, 1.82) is 0 Å². The van der Waals surface area contributed by atoms with Gasteiger partial charge in [-0.1, -0.05) is 68.1 Å². The first-order chi connectivity index (χ1) is 9.18. The molecule has 1 atom stereocenters. The summed E-state index contributed by atoms with van der Waals surface area (Å²) in [4.78, 5) is 10.8. The fourth-order valence-electron chi connectivity index (χ4n) is 1.96. The Bertz CT molecular complexity index is 527. The SMILES string of the molecule is C.O=C(O)C[S@@](=O)C(c1ccccc1)c1ccccc1. The van der Waals surface area contributed by atoms with E-state index < -0.39 is 22.0 Å². The lowest BCUT2D eigenvalue weighted by atomic mass is 10.0. The molecule has 0 amide bonds. The van der Waals surface area contributed by atoms with Gasteiger partial charge in [0, 0.05) is 10.8 Å². The molecule has 0 bridgehead atoms. The summed E-state index contributed by atoms with van der Waals surface area (Å²) in [6, 6.07) is 18.7. The van der Waals surface area contributed by atoms with Crippen LogP contribution in [0.3, 0.4) is 0 Å². The highest BCUT2D eigenvalue weighted by molar-refractivity contribution is 7.86. The first-order valence-corrected chi connectivity index (χ1v) is 7.25. The molecule has 2 aromatic carbocycles. The molecule has 2 aromatic rings. The lowest BCUT2D eigenvalue weighted by Gasteiger charge is -2.16. The molecule has 106 valence electrons. The Balaban J connectivity index is 0.00000200. The molecule has 0 spiro atoms. The second-order valence-corrected chi connectivity index (χ2v) is 5.64. The van der Waals surface area contributed by atoms with Crippen molar-refractivity contribution in [3.63, 3.8) is 0 Å². The van der Waals surface area contributed by atoms with Crippen LogP contribution in [0.25, 0.3) is 0 Å². The number of hydrogen-bond acceptors (Lipinski definition) is 2. The Morgan fingerprint density at radius 1 is 0.950 bits per heavy atom. The smallest absolute Gasteiger partial charge is 0.316 e. The van der Waals surface area contributed by atoms with Crippen LogP contribution in [0.2, 0.25) is 0 Å². The molecule has 2 rings (SSSR count). The molecule has 0 fully saturated rings. The maximum Gasteiger partial charge on any atom is 0.316 e. The minimum atomic E-state index is -1.49. The van der Waals surface area contributed by atoms with Gasteiger partial charge >= 0.3 is 5.97 Å². The molecule has 0 unspecified atom stereocenters. The van der Waals surface area contributed by atoms with E-state index >= 15 is 0 Å². The number of rotatable bonds is 5. The van der Waals surface area contributed by atoms with Crippen molar-refractivity contribution in [3.05, 3.63) is 71.8 Å². The summed E-state index contributed by atoms with van der Waals surface area (Å²) in [5.41, 5.74) is 1.74. The highest BCUT2D eigenvalue weighted by Gasteiger charge is 2.22. The van der Waals surface area contributed by atoms with Crippen LogP contribution in [0.15, 0.2) is 60.7 Å². The van der Waals surface area contributed by atoms with Crippen LogP contribution >= 0.6 is 0 Å². The molecule has 0 aliphatic rings. The lowest BCUT2D eigenvalue weighted by molar-refractivity contribution is -0.133. The van der Waals surface area contributed by atoms with Crippen molar-refractivity contribution in [2.24, 2.45) is 0 Å². The number of benzene rings is 2. The van der Waals surface area contributed by atoms with Gasteiger partial charge in [-0.2, -0.15) is 0 Å². The standard InChI is InChI=1S/C15H14O3S.CH4/c16-14(17)11-19(18)15(12-7-3-1-4-8-12)13-9-5-2-6-10-13;/h1-10,15H,11H2,(H,16,17);1H4/t19-;/m1./s1. The quantitative estimate of drug-likeness (QED) is 0.919. The minimum Gasteiger partial charge on any atom is -0.481 e. The predicted octanol–water partition coefficient (Wildman–Crippen LogP) is 3.25. The van der Waals surface area contributed by atoms with Gasteiger partial charge in [-0.25, -0.2) is 0 Å². The van der Waals surface area contributed by atoms with Crippen LogP contribution < -0.4 is 0 Å². The molecule has 0 radical (unpaired) electrons. The van der Waals surface area contributed by atoms with E-state index in [9.17, 15) is 9.00 Å². The third kappa shape index (κ3) is 4.03. The largest absolute Gasteiger partial charge is 0.481 e. The second kappa shape index (κ2) is 7.60. The van der Waals surface area contributed by atoms with Gasteiger partial charge in [0.05, 0.1) is 5.25 Å². The van der Waals surface area contributed by atoms with E-state index in [1.165, 1.54) is 0 Å². The van der Waals surface area contributed by atoms with Crippen molar-refractivity contribution >= 4 is 16.8 Å². The van der Waals surface area contributed by atoms with Gasteiger partial charge in [0.15, 0.2) is 0 Å². The van der Waals surface area contributed by atoms with Crippen LogP contribution in [0.4, 0.5) is 0 Å². The lowest BCUT2D eigenvalue weighted by Crippen LogP contribution is -2.17. The number of aliphatic carboxylic acids is 1. The predicted molar refractivity (Wildman–Crippen MR) is 82.1 cm³/mol. The highest BCUT2D eigenvalue weighted by Crippen LogP contribution is 2.28. The zero-order chi connectivity index (χ0) is 13.7. The van der Waals surface area contributed by atoms with Crippen LogP contribution in [-0.2, 0) is 15.6 Å². The summed E-state index contributed by atoms with van der Waals surface area (Å²) >= 11 is 0. The molecule has 4 heteroatoms. The third-order valence-corrected chi connectivity index (χ3v) is 4.33. The van der Waals surface area contributed by atoms with E-state index in [1.807, 2.05) is 60.7 Å². The van der Waals surface area contributed by atoms with Crippen LogP contribution in [0, 0.1) is 0 Å². The maximum absolute atomic E-state index is 12.3. The van der Waals surface area contributed by atoms with E-state index in [-0.39, 0.29) is 13.2 Å². The Morgan fingerprint density at radius 2 is 1.35 bits per heavy atom. The molecule has 3 nitrogen and oxygen atoms in total. The fraction of sp³-hybridized carbons (Fsp3) is 0.188. The number of carboxylic acids is 1. The van der Waals surface area contributed by atoms with Crippen molar-refractivity contribution < 1.29 is 14.1 Å². The summed E-state index contributed by atoms with van der Waals surface area (Å²) in [6.07, 6.45) is 0. The van der Waals surface area contributed by atoms with Crippen LogP contribution in [0.1, 0.15) is 23.8 Å². The zero-order valence-electron chi connectivity index (χ0n) is 10.2. The number of carbonyl (C=O) groups is 1. The summed E-state index contributed by atoms with van der Waals surface area (Å²) in [7, 11) is -1.49. The maximum atomic E-state index is 12.3. The average Bonchev–Trinajstić information content (AvgIpc) is 2.40. The monoisotopic (exact) mass is 290 g/mol. The number of hydrogen-bond donors (Lipinski definition) is 1. The van der Waals surface area contributed by atoms with E-state index in [1.54, 1.807) is 0 Å². The van der Waals surface area contributed by atoms with E-state index in [0.29, 0.717) is 0 Å². The van der Waals surface area contributed by atoms with Gasteiger partial charge in [-0.3, -0.25) is 9.00 Å². The first-order valence-electron chi connectivity index (χ1n) is 5.87. The van der Waals surface area contributed by atoms with Crippen molar-refractivity contribution in [2.45, 2.75) is 12.7 Å². The minimum absolute atomic E-state index is 0. The van der Waals surface area contributed by atoms with Crippen molar-refractivity contribution in [3.8, 4) is 0 Å². The molecule has 0 heterocycles. The molecular formula is C16H18O3S. The summed E-state index contributed by atoms with van der Waals surface area (Å²) in [5.74, 6) is -1.40. The second-order valence-electron chi connectivity index (χ2n) is 4.12. The Labute approximate surface area is 121 Å². The molecule has 0 saturated heterocycles. The van der Waals surface area contributed by atoms with Gasteiger partial charge < -0.3 is 5.11 Å². The average molecular weight is 290 g/mol. The van der Waals surface area contributed by atoms with Crippen LogP contribution in [-0.4, -0.2) is 21.0 Å². The van der Waals surface area contributed by atoms with Gasteiger partial charge in [0.25, 0.3) is 0 Å². The van der Waals surface area contributed by atoms with E-state index in [4.69, 9.17) is 5.11 Å². The van der Waals surface area contributed by atoms with E-state index in [0.717, 1.165) is 11.1 Å². The van der Waals surface area contributed by atoms with Gasteiger partial charge in [0.2, 0.25) is 0 Å². The van der Waals surface area contributed by atoms with Crippen molar-refractivity contribution in [1.82, 2.24) is 0 Å². The number of carboxylic acid groups (broad SMARTS) is 1. The normalized spacial score (nSPS) is 11.7. The molecule has 0 aromatic heterocycles. The zero-order valence-corrected chi connectivity index (χ0v) is 11.0. The Kier molecular flexibility index (Phi) is 6.12. The van der Waals surface area contributed by atoms with Gasteiger partial charge in [-0.05, 0) is 11.1 Å². The third-order valence-electron chi connectivity index (χ3n) is 2.73. The molecule has 0 saturated carbocycles. The molecule has 20 heavy (non-hydrogen) atoms. The summed E-state index contributed by atoms with van der Waals surface area (Å²) < 4.78 is 12.3. The van der Waals surface area contributed by atoms with Gasteiger partial charge in [0.1, 0.15) is 5.75 Å². The van der Waals surface area contributed by atoms with Gasteiger partial charge in [-0.15, -0.1) is 0 Å². The summed E-state index contributed by atoms with van der Waals surface area (Å²) in [6.45, 7) is 0. The summed E-state index contributed by atoms with van der Waals surface area (Å²) in [5, 5.41) is 8.43. The Morgan fingerprint density at radius 3 is 1.70 bits per heavy atom. The molecule has 0 aliphatic carbocycles. The van der Waals surface area contributed by atoms with Crippen molar-refractivity contribution in [2.75, 3.05) is 5.75 Å². The highest BCUT2D eigenvalue weighted by atomic mass is 32.2. The molecular weight excluding hydrogens is 272 g/mol.